The first-order chi connectivity index (χ1) is 6.82. The van der Waals surface area contributed by atoms with E-state index in [1.165, 1.54) is 6.92 Å². The second-order valence-electron chi connectivity index (χ2n) is 3.59. The second-order valence-corrected chi connectivity index (χ2v) is 3.59. The van der Waals surface area contributed by atoms with Gasteiger partial charge in [0, 0.05) is 19.0 Å². The summed E-state index contributed by atoms with van der Waals surface area (Å²) in [6.45, 7) is 5.38. The highest BCUT2D eigenvalue weighted by Gasteiger charge is 2.50. The number of ketones is 1. The van der Waals surface area contributed by atoms with E-state index in [2.05, 4.69) is 0 Å². The van der Waals surface area contributed by atoms with Crippen molar-refractivity contribution in [3.05, 3.63) is 0 Å². The number of halogens is 3. The lowest BCUT2D eigenvalue weighted by Crippen LogP contribution is -2.32. The second kappa shape index (κ2) is 5.49. The average molecular weight is 225 g/mol. The summed E-state index contributed by atoms with van der Waals surface area (Å²) in [5.74, 6) is -2.72. The lowest BCUT2D eigenvalue weighted by Gasteiger charge is -2.18. The van der Waals surface area contributed by atoms with E-state index in [1.54, 1.807) is 11.9 Å². The molecule has 0 aromatic rings. The normalized spacial score (nSPS) is 27.1. The molecule has 1 heterocycles. The number of rotatable bonds is 1. The van der Waals surface area contributed by atoms with Crippen molar-refractivity contribution in [2.45, 2.75) is 26.9 Å². The molecule has 0 aliphatic carbocycles. The molecule has 0 N–H and O–H groups in total. The Kier molecular flexibility index (Phi) is 5.28. The first-order valence-electron chi connectivity index (χ1n) is 5.08. The first kappa shape index (κ1) is 14.4. The van der Waals surface area contributed by atoms with E-state index in [-0.39, 0.29) is 18.9 Å². The Hall–Kier alpha value is -0.580. The Morgan fingerprint density at radius 3 is 2.00 bits per heavy atom. The van der Waals surface area contributed by atoms with Gasteiger partial charge in [0.2, 0.25) is 0 Å². The van der Waals surface area contributed by atoms with Crippen LogP contribution in [0.5, 0.6) is 0 Å². The highest BCUT2D eigenvalue weighted by Crippen LogP contribution is 2.37. The molecule has 1 aliphatic heterocycles. The highest BCUT2D eigenvalue weighted by molar-refractivity contribution is 5.79. The zero-order chi connectivity index (χ0) is 12.2. The largest absolute Gasteiger partial charge is 0.393 e. The molecule has 0 bridgehead atoms. The van der Waals surface area contributed by atoms with Crippen molar-refractivity contribution < 1.29 is 18.0 Å². The van der Waals surface area contributed by atoms with Crippen LogP contribution in [0.15, 0.2) is 0 Å². The molecule has 1 aliphatic rings. The lowest BCUT2D eigenvalue weighted by atomic mass is 9.92. The van der Waals surface area contributed by atoms with Crippen molar-refractivity contribution in [2.75, 3.05) is 20.1 Å². The van der Waals surface area contributed by atoms with Crippen molar-refractivity contribution in [3.8, 4) is 0 Å². The summed E-state index contributed by atoms with van der Waals surface area (Å²) in [5.41, 5.74) is 0. The third kappa shape index (κ3) is 3.81. The number of likely N-dealkylation sites (tertiary alicyclic amines) is 1. The Morgan fingerprint density at radius 2 is 1.73 bits per heavy atom. The summed E-state index contributed by atoms with van der Waals surface area (Å²) in [6, 6.07) is 0. The molecule has 1 rings (SSSR count). The summed E-state index contributed by atoms with van der Waals surface area (Å²) in [5, 5.41) is 0. The van der Waals surface area contributed by atoms with Crippen LogP contribution < -0.4 is 0 Å². The molecule has 5 heteroatoms. The van der Waals surface area contributed by atoms with Gasteiger partial charge in [-0.3, -0.25) is 4.79 Å². The molecule has 1 saturated heterocycles. The maximum Gasteiger partial charge on any atom is 0.393 e. The van der Waals surface area contributed by atoms with Crippen LogP contribution in [0, 0.1) is 11.8 Å². The molecule has 2 nitrogen and oxygen atoms in total. The zero-order valence-corrected chi connectivity index (χ0v) is 9.56. The summed E-state index contributed by atoms with van der Waals surface area (Å²) in [4.78, 5) is 12.5. The average Bonchev–Trinajstić information content (AvgIpc) is 2.50. The minimum atomic E-state index is -4.25. The van der Waals surface area contributed by atoms with Crippen LogP contribution in [0.25, 0.3) is 0 Å². The molecule has 90 valence electrons. The molecule has 0 radical (unpaired) electrons. The molecule has 2 unspecified atom stereocenters. The van der Waals surface area contributed by atoms with Crippen molar-refractivity contribution in [1.29, 1.82) is 0 Å². The monoisotopic (exact) mass is 225 g/mol. The SMILES string of the molecule is CC.CC(=O)C1CN(C)CC1C(F)(F)F. The highest BCUT2D eigenvalue weighted by atomic mass is 19.4. The quantitative estimate of drug-likeness (QED) is 0.682. The van der Waals surface area contributed by atoms with Gasteiger partial charge in [-0.2, -0.15) is 13.2 Å². The van der Waals surface area contributed by atoms with Gasteiger partial charge in [-0.05, 0) is 14.0 Å². The summed E-state index contributed by atoms with van der Waals surface area (Å²) < 4.78 is 37.1. The number of alkyl halides is 3. The number of hydrogen-bond acceptors (Lipinski definition) is 2. The maximum atomic E-state index is 12.4. The van der Waals surface area contributed by atoms with Crippen LogP contribution in [0.1, 0.15) is 20.8 Å². The standard InChI is InChI=1S/C8H12F3NO.C2H6/c1-5(13)6-3-12(2)4-7(6)8(9,10)11;1-2/h6-7H,3-4H2,1-2H3;1-2H3. The van der Waals surface area contributed by atoms with Crippen LogP contribution in [0.3, 0.4) is 0 Å². The minimum absolute atomic E-state index is 0.0618. The molecule has 2 atom stereocenters. The fourth-order valence-corrected chi connectivity index (χ4v) is 1.74. The molecule has 1 fully saturated rings. The zero-order valence-electron chi connectivity index (χ0n) is 9.56. The van der Waals surface area contributed by atoms with Gasteiger partial charge in [-0.15, -0.1) is 0 Å². The maximum absolute atomic E-state index is 12.4. The van der Waals surface area contributed by atoms with E-state index in [0.29, 0.717) is 0 Å². The molecular formula is C10H18F3NO. The van der Waals surface area contributed by atoms with Crippen LogP contribution in [-0.2, 0) is 4.79 Å². The molecule has 0 amide bonds. The fourth-order valence-electron chi connectivity index (χ4n) is 1.74. The molecule has 15 heavy (non-hydrogen) atoms. The Balaban J connectivity index is 0.000000921. The Labute approximate surface area is 88.4 Å². The molecule has 0 aromatic heterocycles. The predicted molar refractivity (Wildman–Crippen MR) is 52.6 cm³/mol. The molecular weight excluding hydrogens is 207 g/mol. The van der Waals surface area contributed by atoms with Gasteiger partial charge in [-0.25, -0.2) is 0 Å². The van der Waals surface area contributed by atoms with Crippen molar-refractivity contribution >= 4 is 5.78 Å². The van der Waals surface area contributed by atoms with Crippen molar-refractivity contribution in [3.63, 3.8) is 0 Å². The predicted octanol–water partition coefficient (Wildman–Crippen LogP) is 2.34. The third-order valence-electron chi connectivity index (χ3n) is 2.45. The number of carbonyl (C=O) groups excluding carboxylic acids is 1. The summed E-state index contributed by atoms with van der Waals surface area (Å²) in [7, 11) is 1.60. The van der Waals surface area contributed by atoms with Crippen LogP contribution in [0.4, 0.5) is 13.2 Å². The van der Waals surface area contributed by atoms with E-state index in [1.807, 2.05) is 13.8 Å². The number of Topliss-reactive ketones (excluding diaryl/α,β-unsaturated/α-hetero) is 1. The Morgan fingerprint density at radius 1 is 1.27 bits per heavy atom. The van der Waals surface area contributed by atoms with E-state index in [9.17, 15) is 18.0 Å². The fraction of sp³-hybridized carbons (Fsp3) is 0.900. The topological polar surface area (TPSA) is 20.3 Å². The van der Waals surface area contributed by atoms with Gasteiger partial charge in [0.05, 0.1) is 5.92 Å². The van der Waals surface area contributed by atoms with Gasteiger partial charge < -0.3 is 4.90 Å². The van der Waals surface area contributed by atoms with Gasteiger partial charge in [0.25, 0.3) is 0 Å². The molecule has 0 spiro atoms. The van der Waals surface area contributed by atoms with E-state index in [0.717, 1.165) is 0 Å². The van der Waals surface area contributed by atoms with Crippen LogP contribution in [-0.4, -0.2) is 37.0 Å². The molecule has 0 saturated carbocycles. The summed E-state index contributed by atoms with van der Waals surface area (Å²) >= 11 is 0. The van der Waals surface area contributed by atoms with Gasteiger partial charge >= 0.3 is 6.18 Å². The lowest BCUT2D eigenvalue weighted by molar-refractivity contribution is -0.182. The van der Waals surface area contributed by atoms with Gasteiger partial charge in [0.15, 0.2) is 0 Å². The third-order valence-corrected chi connectivity index (χ3v) is 2.45. The first-order valence-corrected chi connectivity index (χ1v) is 5.08. The van der Waals surface area contributed by atoms with Crippen molar-refractivity contribution in [2.24, 2.45) is 11.8 Å². The number of carbonyl (C=O) groups is 1. The van der Waals surface area contributed by atoms with E-state index >= 15 is 0 Å². The van der Waals surface area contributed by atoms with E-state index < -0.39 is 18.0 Å². The minimum Gasteiger partial charge on any atom is -0.305 e. The summed E-state index contributed by atoms with van der Waals surface area (Å²) in [6.07, 6.45) is -4.25. The number of nitrogens with zero attached hydrogens (tertiary/aromatic N) is 1. The Bertz CT molecular complexity index is 215. The smallest absolute Gasteiger partial charge is 0.305 e. The van der Waals surface area contributed by atoms with Crippen LogP contribution in [0.2, 0.25) is 0 Å². The van der Waals surface area contributed by atoms with E-state index in [4.69, 9.17) is 0 Å². The number of hydrogen-bond donors (Lipinski definition) is 0. The van der Waals surface area contributed by atoms with Gasteiger partial charge in [0.1, 0.15) is 5.78 Å². The van der Waals surface area contributed by atoms with Crippen molar-refractivity contribution in [1.82, 2.24) is 4.90 Å². The van der Waals surface area contributed by atoms with Gasteiger partial charge in [-0.1, -0.05) is 13.8 Å². The molecule has 0 aromatic carbocycles. The van der Waals surface area contributed by atoms with Crippen LogP contribution >= 0.6 is 0 Å².